The van der Waals surface area contributed by atoms with Gasteiger partial charge in [0, 0.05) is 6.08 Å². The van der Waals surface area contributed by atoms with Gasteiger partial charge in [0.15, 0.2) is 0 Å². The van der Waals surface area contributed by atoms with Crippen LogP contribution < -0.4 is 0 Å². The minimum atomic E-state index is -0.180. The van der Waals surface area contributed by atoms with Crippen LogP contribution in [-0.2, 0) is 9.53 Å². The predicted octanol–water partition coefficient (Wildman–Crippen LogP) is 6.30. The maximum absolute atomic E-state index is 11.4. The molecule has 0 N–H and O–H groups in total. The Bertz CT molecular complexity index is 371. The molecule has 2 nitrogen and oxygen atoms in total. The highest BCUT2D eigenvalue weighted by Crippen LogP contribution is 2.42. The van der Waals surface area contributed by atoms with E-state index in [9.17, 15) is 4.79 Å². The summed E-state index contributed by atoms with van der Waals surface area (Å²) in [5.74, 6) is 3.38. The van der Waals surface area contributed by atoms with E-state index in [4.69, 9.17) is 4.74 Å². The topological polar surface area (TPSA) is 26.3 Å². The molecule has 0 unspecified atom stereocenters. The van der Waals surface area contributed by atoms with Gasteiger partial charge in [-0.15, -0.1) is 0 Å². The van der Waals surface area contributed by atoms with Crippen molar-refractivity contribution in [2.75, 3.05) is 6.61 Å². The maximum atomic E-state index is 11.4. The van der Waals surface area contributed by atoms with Crippen molar-refractivity contribution in [1.29, 1.82) is 0 Å². The number of allylic oxidation sites excluding steroid dienone is 1. The molecule has 0 spiro atoms. The largest absolute Gasteiger partial charge is 0.463 e. The van der Waals surface area contributed by atoms with Crippen LogP contribution >= 0.6 is 0 Å². The highest BCUT2D eigenvalue weighted by Gasteiger charge is 2.30. The third-order valence-electron chi connectivity index (χ3n) is 6.38. The van der Waals surface area contributed by atoms with E-state index in [1.165, 1.54) is 77.0 Å². The van der Waals surface area contributed by atoms with E-state index in [1.807, 2.05) is 6.92 Å². The fraction of sp³-hybridized carbons (Fsp3) is 0.864. The molecule has 24 heavy (non-hydrogen) atoms. The lowest BCUT2D eigenvalue weighted by molar-refractivity contribution is -0.137. The van der Waals surface area contributed by atoms with E-state index in [2.05, 4.69) is 13.0 Å². The Labute approximate surface area is 149 Å². The lowest BCUT2D eigenvalue weighted by atomic mass is 9.68. The number of unbranched alkanes of at least 4 members (excludes halogenated alkanes) is 2. The van der Waals surface area contributed by atoms with Crippen molar-refractivity contribution in [2.24, 2.45) is 23.7 Å². The molecule has 0 aliphatic heterocycles. The Morgan fingerprint density at radius 1 is 0.917 bits per heavy atom. The average Bonchev–Trinajstić information content (AvgIpc) is 2.62. The van der Waals surface area contributed by atoms with Crippen molar-refractivity contribution in [2.45, 2.75) is 90.9 Å². The van der Waals surface area contributed by atoms with Crippen LogP contribution in [0.25, 0.3) is 0 Å². The van der Waals surface area contributed by atoms with Gasteiger partial charge >= 0.3 is 5.97 Å². The number of ether oxygens (including phenoxy) is 1. The van der Waals surface area contributed by atoms with Crippen LogP contribution in [0.1, 0.15) is 90.9 Å². The lowest BCUT2D eigenvalue weighted by Gasteiger charge is -2.37. The first-order valence-electron chi connectivity index (χ1n) is 10.6. The van der Waals surface area contributed by atoms with Crippen molar-refractivity contribution in [3.8, 4) is 0 Å². The molecule has 0 aromatic carbocycles. The standard InChI is InChI=1S/C22H38O2/c1-3-5-6-7-18-8-13-20(14-9-18)21-15-10-19(11-16-21)12-17-22(23)24-4-2/h12,17-21H,3-11,13-16H2,1-2H3/b17-12+. The summed E-state index contributed by atoms with van der Waals surface area (Å²) in [4.78, 5) is 11.4. The third-order valence-corrected chi connectivity index (χ3v) is 6.38. The molecule has 2 aliphatic rings. The Morgan fingerprint density at radius 2 is 1.54 bits per heavy atom. The fourth-order valence-corrected chi connectivity index (χ4v) is 4.85. The van der Waals surface area contributed by atoms with E-state index >= 15 is 0 Å². The van der Waals surface area contributed by atoms with Gasteiger partial charge in [0.1, 0.15) is 0 Å². The van der Waals surface area contributed by atoms with Crippen molar-refractivity contribution in [3.05, 3.63) is 12.2 Å². The summed E-state index contributed by atoms with van der Waals surface area (Å²) >= 11 is 0. The number of rotatable bonds is 8. The zero-order chi connectivity index (χ0) is 17.2. The van der Waals surface area contributed by atoms with Crippen LogP contribution in [0.3, 0.4) is 0 Å². The van der Waals surface area contributed by atoms with Gasteiger partial charge in [0.25, 0.3) is 0 Å². The van der Waals surface area contributed by atoms with Crippen LogP contribution in [0.15, 0.2) is 12.2 Å². The smallest absolute Gasteiger partial charge is 0.330 e. The monoisotopic (exact) mass is 334 g/mol. The predicted molar refractivity (Wildman–Crippen MR) is 101 cm³/mol. The molecule has 0 saturated heterocycles. The van der Waals surface area contributed by atoms with Gasteiger partial charge in [-0.05, 0) is 69.1 Å². The number of carbonyl (C=O) groups is 1. The summed E-state index contributed by atoms with van der Waals surface area (Å²) in [7, 11) is 0. The molecule has 2 heteroatoms. The molecule has 2 rings (SSSR count). The van der Waals surface area contributed by atoms with Gasteiger partial charge in [-0.3, -0.25) is 0 Å². The molecule has 0 radical (unpaired) electrons. The first kappa shape index (κ1) is 19.5. The molecule has 0 aromatic rings. The molecule has 2 saturated carbocycles. The molecule has 0 heterocycles. The third kappa shape index (κ3) is 6.61. The fourth-order valence-electron chi connectivity index (χ4n) is 4.85. The Kier molecular flexibility index (Phi) is 8.91. The molecule has 138 valence electrons. The van der Waals surface area contributed by atoms with Crippen molar-refractivity contribution >= 4 is 5.97 Å². The first-order chi connectivity index (χ1) is 11.7. The van der Waals surface area contributed by atoms with E-state index in [0.29, 0.717) is 12.5 Å². The van der Waals surface area contributed by atoms with Gasteiger partial charge in [-0.1, -0.05) is 51.5 Å². The molecule has 0 aromatic heterocycles. The number of hydrogen-bond acceptors (Lipinski definition) is 2. The van der Waals surface area contributed by atoms with Gasteiger partial charge in [-0.2, -0.15) is 0 Å². The second-order valence-corrected chi connectivity index (χ2v) is 8.06. The normalized spacial score (nSPS) is 31.2. The van der Waals surface area contributed by atoms with E-state index in [1.54, 1.807) is 6.08 Å². The van der Waals surface area contributed by atoms with Crippen molar-refractivity contribution in [3.63, 3.8) is 0 Å². The summed E-state index contributed by atoms with van der Waals surface area (Å²) in [6.07, 6.45) is 20.6. The minimum absolute atomic E-state index is 0.180. The number of carbonyl (C=O) groups excluding carboxylic acids is 1. The van der Waals surface area contributed by atoms with Crippen LogP contribution in [0, 0.1) is 23.7 Å². The zero-order valence-corrected chi connectivity index (χ0v) is 16.0. The summed E-state index contributed by atoms with van der Waals surface area (Å²) in [6, 6.07) is 0. The van der Waals surface area contributed by atoms with E-state index < -0.39 is 0 Å². The van der Waals surface area contributed by atoms with Crippen LogP contribution in [0.2, 0.25) is 0 Å². The summed E-state index contributed by atoms with van der Waals surface area (Å²) in [5.41, 5.74) is 0. The molecular weight excluding hydrogens is 296 g/mol. The van der Waals surface area contributed by atoms with Crippen LogP contribution in [-0.4, -0.2) is 12.6 Å². The average molecular weight is 335 g/mol. The maximum Gasteiger partial charge on any atom is 0.330 e. The van der Waals surface area contributed by atoms with Gasteiger partial charge < -0.3 is 4.74 Å². The van der Waals surface area contributed by atoms with Gasteiger partial charge in [0.05, 0.1) is 6.61 Å². The lowest BCUT2D eigenvalue weighted by Crippen LogP contribution is -2.25. The molecular formula is C22H38O2. The Hall–Kier alpha value is -0.790. The molecule has 0 amide bonds. The molecule has 2 fully saturated rings. The van der Waals surface area contributed by atoms with Crippen molar-refractivity contribution < 1.29 is 9.53 Å². The van der Waals surface area contributed by atoms with Crippen molar-refractivity contribution in [1.82, 2.24) is 0 Å². The molecule has 2 aliphatic carbocycles. The molecule has 0 bridgehead atoms. The van der Waals surface area contributed by atoms with E-state index in [-0.39, 0.29) is 5.97 Å². The minimum Gasteiger partial charge on any atom is -0.463 e. The summed E-state index contributed by atoms with van der Waals surface area (Å²) in [6.45, 7) is 4.63. The highest BCUT2D eigenvalue weighted by molar-refractivity contribution is 5.81. The summed E-state index contributed by atoms with van der Waals surface area (Å²) in [5, 5.41) is 0. The second-order valence-electron chi connectivity index (χ2n) is 8.06. The van der Waals surface area contributed by atoms with E-state index in [0.717, 1.165) is 17.8 Å². The van der Waals surface area contributed by atoms with Crippen LogP contribution in [0.5, 0.6) is 0 Å². The Balaban J connectivity index is 1.64. The van der Waals surface area contributed by atoms with Crippen LogP contribution in [0.4, 0.5) is 0 Å². The number of esters is 1. The van der Waals surface area contributed by atoms with Gasteiger partial charge in [0.2, 0.25) is 0 Å². The highest BCUT2D eigenvalue weighted by atomic mass is 16.5. The number of hydrogen-bond donors (Lipinski definition) is 0. The van der Waals surface area contributed by atoms with Gasteiger partial charge in [-0.25, -0.2) is 4.79 Å². The molecule has 0 atom stereocenters. The second kappa shape index (κ2) is 10.9. The zero-order valence-electron chi connectivity index (χ0n) is 16.0. The summed E-state index contributed by atoms with van der Waals surface area (Å²) < 4.78 is 4.97. The quantitative estimate of drug-likeness (QED) is 0.296. The first-order valence-corrected chi connectivity index (χ1v) is 10.6. The SMILES string of the molecule is CCCCCC1CCC(C2CCC(/C=C/C(=O)OCC)CC2)CC1. The Morgan fingerprint density at radius 3 is 2.12 bits per heavy atom.